The van der Waals surface area contributed by atoms with E-state index >= 15 is 0 Å². The summed E-state index contributed by atoms with van der Waals surface area (Å²) in [5.41, 5.74) is 10.9. The molecule has 4 heteroatoms. The maximum Gasteiger partial charge on any atom is 0.237 e. The van der Waals surface area contributed by atoms with Crippen LogP contribution in [0.2, 0.25) is 0 Å². The number of carbonyl (C=O) groups excluding carboxylic acids is 1. The molecule has 0 spiro atoms. The first-order valence-electron chi connectivity index (χ1n) is 7.33. The Morgan fingerprint density at radius 1 is 1.28 bits per heavy atom. The Balaban J connectivity index is 1.83. The first kappa shape index (κ1) is 13.8. The van der Waals surface area contributed by atoms with Crippen molar-refractivity contribution in [2.24, 2.45) is 17.4 Å². The van der Waals surface area contributed by atoms with Gasteiger partial charge in [0.1, 0.15) is 0 Å². The van der Waals surface area contributed by atoms with Gasteiger partial charge in [-0.1, -0.05) is 19.3 Å². The minimum absolute atomic E-state index is 0.277. The standard InChI is InChI=1S/C14H27N3O/c1-17(12-6-2-3-7-12)10-8-11-5-4-9-14(11,16)13(15)18/h11-12H,2-10,16H2,1H3,(H2,15,18). The van der Waals surface area contributed by atoms with E-state index in [0.717, 1.165) is 38.3 Å². The lowest BCUT2D eigenvalue weighted by Gasteiger charge is -2.31. The van der Waals surface area contributed by atoms with E-state index < -0.39 is 5.54 Å². The maximum absolute atomic E-state index is 11.5. The molecule has 0 aromatic heterocycles. The minimum Gasteiger partial charge on any atom is -0.368 e. The normalized spacial score (nSPS) is 33.4. The molecule has 2 aliphatic carbocycles. The van der Waals surface area contributed by atoms with Crippen LogP contribution in [-0.4, -0.2) is 36.0 Å². The summed E-state index contributed by atoms with van der Waals surface area (Å²) in [4.78, 5) is 14.0. The Hall–Kier alpha value is -0.610. The molecule has 2 fully saturated rings. The summed E-state index contributed by atoms with van der Waals surface area (Å²) in [5.74, 6) is -0.0348. The van der Waals surface area contributed by atoms with Crippen molar-refractivity contribution in [2.75, 3.05) is 13.6 Å². The van der Waals surface area contributed by atoms with Gasteiger partial charge in [0.15, 0.2) is 0 Å². The van der Waals surface area contributed by atoms with Crippen molar-refractivity contribution in [3.05, 3.63) is 0 Å². The second kappa shape index (κ2) is 5.57. The second-order valence-electron chi connectivity index (χ2n) is 6.20. The molecule has 4 nitrogen and oxygen atoms in total. The zero-order valence-corrected chi connectivity index (χ0v) is 11.5. The second-order valence-corrected chi connectivity index (χ2v) is 6.20. The van der Waals surface area contributed by atoms with Gasteiger partial charge in [-0.05, 0) is 51.6 Å². The van der Waals surface area contributed by atoms with Crippen molar-refractivity contribution < 1.29 is 4.79 Å². The molecule has 1 amide bonds. The van der Waals surface area contributed by atoms with Crippen LogP contribution in [0.1, 0.15) is 51.4 Å². The molecule has 2 aliphatic rings. The number of hydrogen-bond donors (Lipinski definition) is 2. The third kappa shape index (κ3) is 2.69. The van der Waals surface area contributed by atoms with Gasteiger partial charge in [0, 0.05) is 6.04 Å². The van der Waals surface area contributed by atoms with Crippen LogP contribution in [0, 0.1) is 5.92 Å². The maximum atomic E-state index is 11.5. The number of amides is 1. The SMILES string of the molecule is CN(CCC1CCCC1(N)C(N)=O)C1CCCC1. The lowest BCUT2D eigenvalue weighted by Crippen LogP contribution is -2.55. The predicted octanol–water partition coefficient (Wildman–Crippen LogP) is 1.23. The third-order valence-electron chi connectivity index (χ3n) is 5.11. The van der Waals surface area contributed by atoms with Gasteiger partial charge in [-0.15, -0.1) is 0 Å². The molecule has 104 valence electrons. The van der Waals surface area contributed by atoms with Crippen LogP contribution in [0.15, 0.2) is 0 Å². The average Bonchev–Trinajstić information content (AvgIpc) is 2.96. The van der Waals surface area contributed by atoms with E-state index in [1.165, 1.54) is 25.7 Å². The van der Waals surface area contributed by atoms with E-state index in [4.69, 9.17) is 11.5 Å². The molecule has 2 saturated carbocycles. The van der Waals surface area contributed by atoms with Crippen molar-refractivity contribution in [3.8, 4) is 0 Å². The number of rotatable bonds is 5. The first-order valence-corrected chi connectivity index (χ1v) is 7.33. The molecule has 0 aliphatic heterocycles. The van der Waals surface area contributed by atoms with E-state index in [9.17, 15) is 4.79 Å². The van der Waals surface area contributed by atoms with Crippen molar-refractivity contribution in [1.82, 2.24) is 4.90 Å². The summed E-state index contributed by atoms with van der Waals surface area (Å²) in [6.07, 6.45) is 9.23. The molecule has 0 aromatic carbocycles. The molecule has 0 aromatic rings. The fourth-order valence-electron chi connectivity index (χ4n) is 3.72. The Morgan fingerprint density at radius 3 is 2.56 bits per heavy atom. The largest absolute Gasteiger partial charge is 0.368 e. The highest BCUT2D eigenvalue weighted by atomic mass is 16.1. The quantitative estimate of drug-likeness (QED) is 0.774. The smallest absolute Gasteiger partial charge is 0.237 e. The highest BCUT2D eigenvalue weighted by molar-refractivity contribution is 5.85. The topological polar surface area (TPSA) is 72.3 Å². The first-order chi connectivity index (χ1) is 8.54. The van der Waals surface area contributed by atoms with Gasteiger partial charge in [0.2, 0.25) is 5.91 Å². The molecule has 2 rings (SSSR count). The van der Waals surface area contributed by atoms with E-state index in [0.29, 0.717) is 0 Å². The molecule has 0 radical (unpaired) electrons. The van der Waals surface area contributed by atoms with Gasteiger partial charge in [0.25, 0.3) is 0 Å². The number of nitrogens with two attached hydrogens (primary N) is 2. The van der Waals surface area contributed by atoms with Crippen LogP contribution in [0.3, 0.4) is 0 Å². The summed E-state index contributed by atoms with van der Waals surface area (Å²) in [6, 6.07) is 0.743. The molecule has 0 saturated heterocycles. The van der Waals surface area contributed by atoms with Gasteiger partial charge in [-0.2, -0.15) is 0 Å². The van der Waals surface area contributed by atoms with E-state index in [-0.39, 0.29) is 11.8 Å². The van der Waals surface area contributed by atoms with Gasteiger partial charge in [-0.3, -0.25) is 4.79 Å². The number of carbonyl (C=O) groups is 1. The average molecular weight is 253 g/mol. The molecule has 4 N–H and O–H groups in total. The van der Waals surface area contributed by atoms with Crippen LogP contribution in [0.25, 0.3) is 0 Å². The van der Waals surface area contributed by atoms with Gasteiger partial charge < -0.3 is 16.4 Å². The highest BCUT2D eigenvalue weighted by Gasteiger charge is 2.44. The molecule has 2 atom stereocenters. The molecular formula is C14H27N3O. The van der Waals surface area contributed by atoms with Crippen LogP contribution in [0.4, 0.5) is 0 Å². The monoisotopic (exact) mass is 253 g/mol. The predicted molar refractivity (Wildman–Crippen MR) is 73.0 cm³/mol. The van der Waals surface area contributed by atoms with Crippen molar-refractivity contribution >= 4 is 5.91 Å². The highest BCUT2D eigenvalue weighted by Crippen LogP contribution is 2.36. The van der Waals surface area contributed by atoms with Crippen LogP contribution in [0.5, 0.6) is 0 Å². The molecular weight excluding hydrogens is 226 g/mol. The van der Waals surface area contributed by atoms with Crippen LogP contribution < -0.4 is 11.5 Å². The summed E-state index contributed by atoms with van der Waals surface area (Å²) >= 11 is 0. The Kier molecular flexibility index (Phi) is 4.28. The Morgan fingerprint density at radius 2 is 1.94 bits per heavy atom. The summed E-state index contributed by atoms with van der Waals surface area (Å²) in [6.45, 7) is 1.04. The van der Waals surface area contributed by atoms with E-state index in [1.807, 2.05) is 0 Å². The number of nitrogens with zero attached hydrogens (tertiary/aromatic N) is 1. The van der Waals surface area contributed by atoms with Gasteiger partial charge in [0.05, 0.1) is 5.54 Å². The van der Waals surface area contributed by atoms with Crippen LogP contribution in [-0.2, 0) is 4.79 Å². The van der Waals surface area contributed by atoms with Crippen molar-refractivity contribution in [3.63, 3.8) is 0 Å². The van der Waals surface area contributed by atoms with Crippen molar-refractivity contribution in [1.29, 1.82) is 0 Å². The third-order valence-corrected chi connectivity index (χ3v) is 5.11. The van der Waals surface area contributed by atoms with Gasteiger partial charge in [-0.25, -0.2) is 0 Å². The van der Waals surface area contributed by atoms with Crippen molar-refractivity contribution in [2.45, 2.75) is 62.9 Å². The fourth-order valence-corrected chi connectivity index (χ4v) is 3.72. The lowest BCUT2D eigenvalue weighted by molar-refractivity contribution is -0.124. The fraction of sp³-hybridized carbons (Fsp3) is 0.929. The number of hydrogen-bond acceptors (Lipinski definition) is 3. The minimum atomic E-state index is -0.740. The van der Waals surface area contributed by atoms with Crippen LogP contribution >= 0.6 is 0 Å². The molecule has 18 heavy (non-hydrogen) atoms. The zero-order chi connectivity index (χ0) is 13.2. The van der Waals surface area contributed by atoms with Gasteiger partial charge >= 0.3 is 0 Å². The Bertz CT molecular complexity index is 301. The summed E-state index contributed by atoms with van der Waals surface area (Å²) in [5, 5.41) is 0. The number of primary amides is 1. The molecule has 0 heterocycles. The van der Waals surface area contributed by atoms with E-state index in [2.05, 4.69) is 11.9 Å². The van der Waals surface area contributed by atoms with E-state index in [1.54, 1.807) is 0 Å². The summed E-state index contributed by atoms with van der Waals surface area (Å²) < 4.78 is 0. The Labute approximate surface area is 110 Å². The molecule has 0 bridgehead atoms. The zero-order valence-electron chi connectivity index (χ0n) is 11.5. The molecule has 2 unspecified atom stereocenters. The summed E-state index contributed by atoms with van der Waals surface area (Å²) in [7, 11) is 2.20. The lowest BCUT2D eigenvalue weighted by atomic mass is 9.85.